The zero-order valence-electron chi connectivity index (χ0n) is 18.9. The van der Waals surface area contributed by atoms with Crippen LogP contribution in [0.1, 0.15) is 44.6 Å². The van der Waals surface area contributed by atoms with Crippen molar-refractivity contribution in [1.82, 2.24) is 19.5 Å². The Hall–Kier alpha value is -2.69. The summed E-state index contributed by atoms with van der Waals surface area (Å²) in [6, 6.07) is 2.76. The number of benzene rings is 1. The van der Waals surface area contributed by atoms with Gasteiger partial charge in [0.05, 0.1) is 29.6 Å². The minimum Gasteiger partial charge on any atom is -0.379 e. The first-order valence-electron chi connectivity index (χ1n) is 11.7. The van der Waals surface area contributed by atoms with Crippen LogP contribution in [0.25, 0.3) is 11.2 Å². The summed E-state index contributed by atoms with van der Waals surface area (Å²) < 4.78 is 22.2. The first kappa shape index (κ1) is 24.0. The maximum absolute atomic E-state index is 14.7. The average Bonchev–Trinajstić information content (AvgIpc) is 3.19. The molecule has 1 atom stereocenters. The number of nitrogens with two attached hydrogens (primary N) is 1. The van der Waals surface area contributed by atoms with Gasteiger partial charge in [0.2, 0.25) is 17.8 Å². The van der Waals surface area contributed by atoms with Gasteiger partial charge >= 0.3 is 0 Å². The second-order valence-corrected chi connectivity index (χ2v) is 9.89. The quantitative estimate of drug-likeness (QED) is 0.425. The molecule has 186 valence electrons. The normalized spacial score (nSPS) is 22.8. The molecule has 2 aliphatic rings. The van der Waals surface area contributed by atoms with Gasteiger partial charge in [-0.1, -0.05) is 23.2 Å². The topological polar surface area (TPSA) is 120 Å². The molecule has 1 saturated carbocycles. The minimum absolute atomic E-state index is 0.0204. The molecule has 3 heterocycles. The summed E-state index contributed by atoms with van der Waals surface area (Å²) >= 11 is 12.2. The Kier molecular flexibility index (Phi) is 6.95. The molecule has 1 aliphatic heterocycles. The summed E-state index contributed by atoms with van der Waals surface area (Å²) in [6.45, 7) is 1.36. The fourth-order valence-corrected chi connectivity index (χ4v) is 5.34. The van der Waals surface area contributed by atoms with E-state index < -0.39 is 5.82 Å². The van der Waals surface area contributed by atoms with Crippen molar-refractivity contribution in [3.63, 3.8) is 0 Å². The Morgan fingerprint density at radius 1 is 1.17 bits per heavy atom. The monoisotopic (exact) mass is 521 g/mol. The molecule has 4 N–H and O–H groups in total. The predicted octanol–water partition coefficient (Wildman–Crippen LogP) is 4.82. The fraction of sp³-hybridized carbons (Fsp3) is 0.478. The van der Waals surface area contributed by atoms with Crippen LogP contribution in [-0.4, -0.2) is 44.7 Å². The molecule has 2 fully saturated rings. The molecule has 1 saturated heterocycles. The number of amides is 1. The van der Waals surface area contributed by atoms with Gasteiger partial charge in [0.1, 0.15) is 11.3 Å². The van der Waals surface area contributed by atoms with E-state index >= 15 is 0 Å². The van der Waals surface area contributed by atoms with E-state index in [1.165, 1.54) is 12.1 Å². The van der Waals surface area contributed by atoms with Gasteiger partial charge in [-0.25, -0.2) is 14.4 Å². The van der Waals surface area contributed by atoms with E-state index in [1.807, 2.05) is 4.57 Å². The van der Waals surface area contributed by atoms with E-state index in [0.29, 0.717) is 55.4 Å². The number of carbonyl (C=O) groups is 1. The molecule has 5 rings (SSSR count). The van der Waals surface area contributed by atoms with Crippen LogP contribution in [0.4, 0.5) is 22.0 Å². The van der Waals surface area contributed by atoms with Crippen LogP contribution in [-0.2, 0) is 9.53 Å². The molecule has 35 heavy (non-hydrogen) atoms. The molecular weight excluding hydrogens is 496 g/mol. The van der Waals surface area contributed by atoms with Crippen molar-refractivity contribution in [3.05, 3.63) is 34.2 Å². The van der Waals surface area contributed by atoms with Crippen molar-refractivity contribution < 1.29 is 13.9 Å². The Balaban J connectivity index is 1.52. The standard InChI is InChI=1S/C23H26Cl2FN7O2/c24-13-8-16(25)19(17(26)9-13)31-23-30-18-10-28-22(29-14-2-1-7-35-11-14)32-21(18)33(23)15-5-3-12(4-6-15)20(27)34/h8-10,12,14-15H,1-7,11H2,(H2,27,34)(H,30,31)(H,28,29,32). The van der Waals surface area contributed by atoms with E-state index in [9.17, 15) is 9.18 Å². The van der Waals surface area contributed by atoms with Crippen LogP contribution in [0.3, 0.4) is 0 Å². The van der Waals surface area contributed by atoms with Gasteiger partial charge in [-0.2, -0.15) is 4.98 Å². The van der Waals surface area contributed by atoms with Gasteiger partial charge in [0.25, 0.3) is 0 Å². The maximum Gasteiger partial charge on any atom is 0.225 e. The van der Waals surface area contributed by atoms with Crippen molar-refractivity contribution in [1.29, 1.82) is 0 Å². The third kappa shape index (κ3) is 5.14. The molecule has 12 heteroatoms. The molecule has 3 aromatic rings. The number of nitrogens with one attached hydrogen (secondary N) is 2. The Labute approximate surface area is 211 Å². The van der Waals surface area contributed by atoms with Gasteiger partial charge in [-0.15, -0.1) is 0 Å². The molecule has 9 nitrogen and oxygen atoms in total. The number of aromatic nitrogens is 4. The highest BCUT2D eigenvalue weighted by Crippen LogP contribution is 2.38. The third-order valence-electron chi connectivity index (χ3n) is 6.63. The summed E-state index contributed by atoms with van der Waals surface area (Å²) in [5.74, 6) is -0.167. The van der Waals surface area contributed by atoms with E-state index in [2.05, 4.69) is 20.6 Å². The third-order valence-corrected chi connectivity index (χ3v) is 7.15. The summed E-state index contributed by atoms with van der Waals surface area (Å²) in [7, 11) is 0. The number of nitrogens with zero attached hydrogens (tertiary/aromatic N) is 4. The van der Waals surface area contributed by atoms with Gasteiger partial charge in [-0.3, -0.25) is 9.36 Å². The summed E-state index contributed by atoms with van der Waals surface area (Å²) in [4.78, 5) is 25.5. The number of anilines is 3. The van der Waals surface area contributed by atoms with Crippen LogP contribution in [0.2, 0.25) is 10.0 Å². The lowest BCUT2D eigenvalue weighted by molar-refractivity contribution is -0.122. The van der Waals surface area contributed by atoms with Gasteiger partial charge < -0.3 is 21.1 Å². The number of ether oxygens (including phenoxy) is 1. The highest BCUT2D eigenvalue weighted by Gasteiger charge is 2.29. The molecule has 1 unspecified atom stereocenters. The van der Waals surface area contributed by atoms with Gasteiger partial charge in [-0.05, 0) is 50.7 Å². The number of fused-ring (bicyclic) bond motifs is 1. The number of hydrogen-bond donors (Lipinski definition) is 3. The number of hydrogen-bond acceptors (Lipinski definition) is 7. The molecule has 1 amide bonds. The highest BCUT2D eigenvalue weighted by atomic mass is 35.5. The first-order valence-corrected chi connectivity index (χ1v) is 12.4. The molecule has 0 spiro atoms. The highest BCUT2D eigenvalue weighted by molar-refractivity contribution is 6.36. The molecular formula is C23H26Cl2FN7O2. The van der Waals surface area contributed by atoms with Crippen LogP contribution in [0.15, 0.2) is 18.3 Å². The lowest BCUT2D eigenvalue weighted by atomic mass is 9.85. The van der Waals surface area contributed by atoms with Crippen LogP contribution in [0.5, 0.6) is 0 Å². The molecule has 0 bridgehead atoms. The molecule has 0 radical (unpaired) electrons. The lowest BCUT2D eigenvalue weighted by Gasteiger charge is -2.29. The fourth-order valence-electron chi connectivity index (χ4n) is 4.82. The Morgan fingerprint density at radius 3 is 2.66 bits per heavy atom. The van der Waals surface area contributed by atoms with Gasteiger partial charge in [0.15, 0.2) is 5.65 Å². The smallest absolute Gasteiger partial charge is 0.225 e. The van der Waals surface area contributed by atoms with E-state index in [0.717, 1.165) is 19.4 Å². The number of halogens is 3. The average molecular weight is 522 g/mol. The number of imidazole rings is 1. The predicted molar refractivity (Wildman–Crippen MR) is 133 cm³/mol. The Morgan fingerprint density at radius 2 is 1.97 bits per heavy atom. The van der Waals surface area contributed by atoms with Crippen molar-refractivity contribution in [2.24, 2.45) is 11.7 Å². The molecule has 2 aromatic heterocycles. The van der Waals surface area contributed by atoms with Crippen molar-refractivity contribution in [2.45, 2.75) is 50.6 Å². The Bertz CT molecular complexity index is 1220. The van der Waals surface area contributed by atoms with Crippen molar-refractivity contribution in [2.75, 3.05) is 23.8 Å². The molecule has 1 aromatic carbocycles. The van der Waals surface area contributed by atoms with E-state index in [-0.39, 0.29) is 39.6 Å². The summed E-state index contributed by atoms with van der Waals surface area (Å²) in [5, 5.41) is 6.72. The number of rotatable bonds is 6. The van der Waals surface area contributed by atoms with Crippen molar-refractivity contribution in [3.8, 4) is 0 Å². The number of primary amides is 1. The van der Waals surface area contributed by atoms with Crippen molar-refractivity contribution >= 4 is 57.9 Å². The zero-order valence-corrected chi connectivity index (χ0v) is 20.4. The minimum atomic E-state index is -0.593. The maximum atomic E-state index is 14.7. The molecule has 1 aliphatic carbocycles. The summed E-state index contributed by atoms with van der Waals surface area (Å²) in [5.41, 5.74) is 6.77. The van der Waals surface area contributed by atoms with Gasteiger partial charge in [0, 0.05) is 23.6 Å². The lowest BCUT2D eigenvalue weighted by Crippen LogP contribution is -2.31. The van der Waals surface area contributed by atoms with E-state index in [1.54, 1.807) is 6.20 Å². The summed E-state index contributed by atoms with van der Waals surface area (Å²) in [6.07, 6.45) is 6.31. The largest absolute Gasteiger partial charge is 0.379 e. The van der Waals surface area contributed by atoms with E-state index in [4.69, 9.17) is 38.7 Å². The SMILES string of the molecule is NC(=O)C1CCC(n2c(Nc3c(F)cc(Cl)cc3Cl)nc3cnc(NC4CCCOC4)nc32)CC1. The second-order valence-electron chi connectivity index (χ2n) is 9.04. The number of carbonyl (C=O) groups excluding carboxylic acids is 1. The van der Waals surface area contributed by atoms with Crippen LogP contribution >= 0.6 is 23.2 Å². The van der Waals surface area contributed by atoms with Crippen LogP contribution in [0, 0.1) is 11.7 Å². The zero-order chi connectivity index (χ0) is 24.5. The first-order chi connectivity index (χ1) is 16.9. The van der Waals surface area contributed by atoms with Crippen LogP contribution < -0.4 is 16.4 Å². The second kappa shape index (κ2) is 10.1.